The molecule has 0 aliphatic carbocycles. The molecule has 0 aliphatic rings. The topological polar surface area (TPSA) is 37.3 Å². The molecule has 0 aromatic heterocycles. The van der Waals surface area contributed by atoms with Gasteiger partial charge in [0.15, 0.2) is 5.12 Å². The Morgan fingerprint density at radius 3 is 2.40 bits per heavy atom. The lowest BCUT2D eigenvalue weighted by Gasteiger charge is -2.22. The van der Waals surface area contributed by atoms with Gasteiger partial charge < -0.3 is 5.11 Å². The highest BCUT2D eigenvalue weighted by atomic mass is 32.2. The molecule has 1 unspecified atom stereocenters. The number of hydrogen-bond donors (Lipinski definition) is 1. The summed E-state index contributed by atoms with van der Waals surface area (Å²) in [5.74, 6) is 0. The van der Waals surface area contributed by atoms with E-state index in [1.54, 1.807) is 6.92 Å². The molecule has 1 N–H and O–H groups in total. The third-order valence-electron chi connectivity index (χ3n) is 1.86. The van der Waals surface area contributed by atoms with E-state index in [4.69, 9.17) is 5.11 Å². The molecule has 0 aromatic rings. The summed E-state index contributed by atoms with van der Waals surface area (Å²) in [5.41, 5.74) is 1.21. The van der Waals surface area contributed by atoms with Crippen LogP contribution in [0.4, 0.5) is 0 Å². The highest BCUT2D eigenvalue weighted by Gasteiger charge is 2.22. The van der Waals surface area contributed by atoms with Crippen LogP contribution < -0.4 is 0 Å². The number of carbonyl (C=O) groups is 1. The van der Waals surface area contributed by atoms with Gasteiger partial charge in [-0.25, -0.2) is 0 Å². The first-order valence-corrected chi connectivity index (χ1v) is 5.84. The zero-order chi connectivity index (χ0) is 11.9. The van der Waals surface area contributed by atoms with Gasteiger partial charge in [0.2, 0.25) is 0 Å². The molecule has 1 atom stereocenters. The summed E-state index contributed by atoms with van der Waals surface area (Å²) >= 11 is 1.26. The highest BCUT2D eigenvalue weighted by Crippen LogP contribution is 2.30. The van der Waals surface area contributed by atoms with Gasteiger partial charge in [-0.3, -0.25) is 4.79 Å². The van der Waals surface area contributed by atoms with Crippen molar-refractivity contribution in [3.8, 4) is 0 Å². The molecule has 0 rings (SSSR count). The first-order chi connectivity index (χ1) is 6.89. The fourth-order valence-corrected chi connectivity index (χ4v) is 2.16. The number of allylic oxidation sites excluding steroid dienone is 3. The summed E-state index contributed by atoms with van der Waals surface area (Å²) in [6.07, 6.45) is 6.50. The van der Waals surface area contributed by atoms with Gasteiger partial charge in [0.25, 0.3) is 0 Å². The molecule has 0 saturated carbocycles. The van der Waals surface area contributed by atoms with Crippen LogP contribution in [0, 0.1) is 0 Å². The maximum absolute atomic E-state index is 11.1. The number of rotatable bonds is 5. The Morgan fingerprint density at radius 1 is 1.40 bits per heavy atom. The lowest BCUT2D eigenvalue weighted by Crippen LogP contribution is -2.20. The predicted molar refractivity (Wildman–Crippen MR) is 67.0 cm³/mol. The molecule has 86 valence electrons. The van der Waals surface area contributed by atoms with Gasteiger partial charge in [0.1, 0.15) is 0 Å². The SMILES string of the molecule is CC(=O)SC(C)(/C=C/C=C(C)C)CCO. The molecular weight excluding hydrogens is 208 g/mol. The van der Waals surface area contributed by atoms with E-state index in [-0.39, 0.29) is 16.5 Å². The number of thioether (sulfide) groups is 1. The molecule has 2 nitrogen and oxygen atoms in total. The lowest BCUT2D eigenvalue weighted by molar-refractivity contribution is -0.109. The predicted octanol–water partition coefficient (Wildman–Crippen LogP) is 2.93. The van der Waals surface area contributed by atoms with Crippen LogP contribution in [0.2, 0.25) is 0 Å². The van der Waals surface area contributed by atoms with E-state index < -0.39 is 0 Å². The maximum atomic E-state index is 11.1. The van der Waals surface area contributed by atoms with Gasteiger partial charge in [-0.2, -0.15) is 0 Å². The van der Waals surface area contributed by atoms with E-state index in [1.165, 1.54) is 17.3 Å². The Bertz CT molecular complexity index is 265. The number of carbonyl (C=O) groups excluding carboxylic acids is 1. The first kappa shape index (κ1) is 14.5. The van der Waals surface area contributed by atoms with Gasteiger partial charge in [-0.15, -0.1) is 0 Å². The van der Waals surface area contributed by atoms with Crippen LogP contribution in [-0.2, 0) is 4.79 Å². The summed E-state index contributed by atoms with van der Waals surface area (Å²) in [5, 5.41) is 9.03. The van der Waals surface area contributed by atoms with Gasteiger partial charge in [0.05, 0.1) is 0 Å². The normalized spacial score (nSPS) is 15.0. The van der Waals surface area contributed by atoms with Crippen molar-refractivity contribution in [2.75, 3.05) is 6.61 Å². The third kappa shape index (κ3) is 7.40. The second kappa shape index (κ2) is 6.85. The molecule has 0 spiro atoms. The number of aliphatic hydroxyl groups is 1. The third-order valence-corrected chi connectivity index (χ3v) is 2.96. The maximum Gasteiger partial charge on any atom is 0.186 e. The van der Waals surface area contributed by atoms with Crippen molar-refractivity contribution >= 4 is 16.9 Å². The largest absolute Gasteiger partial charge is 0.396 e. The molecule has 0 bridgehead atoms. The first-order valence-electron chi connectivity index (χ1n) is 5.03. The quantitative estimate of drug-likeness (QED) is 0.735. The second-order valence-corrected chi connectivity index (χ2v) is 5.69. The molecule has 0 radical (unpaired) electrons. The van der Waals surface area contributed by atoms with Crippen LogP contribution in [0.25, 0.3) is 0 Å². The van der Waals surface area contributed by atoms with Crippen LogP contribution in [0.15, 0.2) is 23.8 Å². The fraction of sp³-hybridized carbons (Fsp3) is 0.583. The van der Waals surface area contributed by atoms with Crippen molar-refractivity contribution in [1.82, 2.24) is 0 Å². The molecule has 0 saturated heterocycles. The van der Waals surface area contributed by atoms with E-state index in [0.717, 1.165) is 0 Å². The summed E-state index contributed by atoms with van der Waals surface area (Å²) in [7, 11) is 0. The molecule has 0 heterocycles. The average molecular weight is 228 g/mol. The van der Waals surface area contributed by atoms with Crippen molar-refractivity contribution in [3.05, 3.63) is 23.8 Å². The van der Waals surface area contributed by atoms with Gasteiger partial charge >= 0.3 is 0 Å². The van der Waals surface area contributed by atoms with Crippen LogP contribution in [0.5, 0.6) is 0 Å². The molecule has 0 aliphatic heterocycles. The van der Waals surface area contributed by atoms with E-state index in [2.05, 4.69) is 0 Å². The summed E-state index contributed by atoms with van der Waals surface area (Å²) in [6, 6.07) is 0. The Hall–Kier alpha value is -0.540. The minimum atomic E-state index is -0.299. The minimum Gasteiger partial charge on any atom is -0.396 e. The van der Waals surface area contributed by atoms with Crippen LogP contribution in [0.3, 0.4) is 0 Å². The van der Waals surface area contributed by atoms with Crippen molar-refractivity contribution in [1.29, 1.82) is 0 Å². The van der Waals surface area contributed by atoms with Crippen molar-refractivity contribution in [3.63, 3.8) is 0 Å². The van der Waals surface area contributed by atoms with Crippen LogP contribution >= 0.6 is 11.8 Å². The summed E-state index contributed by atoms with van der Waals surface area (Å²) < 4.78 is -0.299. The monoisotopic (exact) mass is 228 g/mol. The Labute approximate surface area is 96.5 Å². The van der Waals surface area contributed by atoms with Gasteiger partial charge in [-0.05, 0) is 27.2 Å². The zero-order valence-corrected chi connectivity index (χ0v) is 10.7. The Kier molecular flexibility index (Phi) is 6.61. The van der Waals surface area contributed by atoms with Crippen molar-refractivity contribution in [2.24, 2.45) is 0 Å². The smallest absolute Gasteiger partial charge is 0.186 e. The molecule has 0 aromatic carbocycles. The zero-order valence-electron chi connectivity index (χ0n) is 9.91. The molecule has 15 heavy (non-hydrogen) atoms. The van der Waals surface area contributed by atoms with Crippen LogP contribution in [0.1, 0.15) is 34.1 Å². The number of aliphatic hydroxyl groups excluding tert-OH is 1. The summed E-state index contributed by atoms with van der Waals surface area (Å²) in [4.78, 5) is 11.1. The van der Waals surface area contributed by atoms with Gasteiger partial charge in [0, 0.05) is 18.3 Å². The molecule has 3 heteroatoms. The van der Waals surface area contributed by atoms with E-state index in [1.807, 2.05) is 39.0 Å². The Morgan fingerprint density at radius 2 is 2.00 bits per heavy atom. The Balaban J connectivity index is 4.56. The lowest BCUT2D eigenvalue weighted by atomic mass is 10.1. The second-order valence-electron chi connectivity index (χ2n) is 3.98. The van der Waals surface area contributed by atoms with Crippen molar-refractivity contribution in [2.45, 2.75) is 38.9 Å². The van der Waals surface area contributed by atoms with Crippen molar-refractivity contribution < 1.29 is 9.90 Å². The van der Waals surface area contributed by atoms with E-state index >= 15 is 0 Å². The van der Waals surface area contributed by atoms with Gasteiger partial charge in [-0.1, -0.05) is 35.6 Å². The standard InChI is InChI=1S/C12H20O2S/c1-10(2)6-5-7-12(4,8-9-13)15-11(3)14/h5-7,13H,8-9H2,1-4H3/b7-5+. The highest BCUT2D eigenvalue weighted by molar-refractivity contribution is 8.14. The molecular formula is C12H20O2S. The minimum absolute atomic E-state index is 0.0767. The molecule has 0 amide bonds. The van der Waals surface area contributed by atoms with Crippen LogP contribution in [-0.4, -0.2) is 21.6 Å². The number of hydrogen-bond acceptors (Lipinski definition) is 3. The van der Waals surface area contributed by atoms with E-state index in [0.29, 0.717) is 6.42 Å². The average Bonchev–Trinajstić information content (AvgIpc) is 2.01. The molecule has 0 fully saturated rings. The van der Waals surface area contributed by atoms with E-state index in [9.17, 15) is 4.79 Å². The summed E-state index contributed by atoms with van der Waals surface area (Å²) in [6.45, 7) is 7.65. The fourth-order valence-electron chi connectivity index (χ4n) is 1.16.